The highest BCUT2D eigenvalue weighted by Gasteiger charge is 2.56. The van der Waals surface area contributed by atoms with Crippen molar-refractivity contribution in [1.82, 2.24) is 10.3 Å². The highest BCUT2D eigenvalue weighted by molar-refractivity contribution is 6.12. The summed E-state index contributed by atoms with van der Waals surface area (Å²) in [6.07, 6.45) is 2.88. The van der Waals surface area contributed by atoms with Gasteiger partial charge in [-0.05, 0) is 86.9 Å². The molecule has 1 spiro atoms. The molecule has 2 heterocycles. The van der Waals surface area contributed by atoms with Crippen LogP contribution in [0.2, 0.25) is 0 Å². The van der Waals surface area contributed by atoms with Gasteiger partial charge in [0.25, 0.3) is 5.91 Å². The van der Waals surface area contributed by atoms with Crippen LogP contribution >= 0.6 is 0 Å². The molecule has 3 amide bonds. The normalized spacial score (nSPS) is 21.7. The van der Waals surface area contributed by atoms with Crippen LogP contribution in [0.5, 0.6) is 0 Å². The van der Waals surface area contributed by atoms with Crippen molar-refractivity contribution in [2.45, 2.75) is 64.3 Å². The highest BCUT2D eigenvalue weighted by Crippen LogP contribution is 2.52. The van der Waals surface area contributed by atoms with Gasteiger partial charge in [0.05, 0.1) is 17.6 Å². The average Bonchev–Trinajstić information content (AvgIpc) is 3.68. The number of halogens is 1. The van der Waals surface area contributed by atoms with Crippen LogP contribution in [0.25, 0.3) is 0 Å². The Balaban J connectivity index is 1.25. The third-order valence-electron chi connectivity index (χ3n) is 8.84. The molecule has 1 saturated carbocycles. The minimum Gasteiger partial charge on any atom is -0.359 e. The lowest BCUT2D eigenvalue weighted by Crippen LogP contribution is -2.44. The quantitative estimate of drug-likeness (QED) is 0.273. The second kappa shape index (κ2) is 9.91. The molecule has 0 radical (unpaired) electrons. The topological polar surface area (TPSA) is 103 Å². The van der Waals surface area contributed by atoms with E-state index in [-0.39, 0.29) is 29.6 Å². The minimum absolute atomic E-state index is 0.00923. The largest absolute Gasteiger partial charge is 0.359 e. The van der Waals surface area contributed by atoms with Gasteiger partial charge in [-0.1, -0.05) is 30.9 Å². The van der Waals surface area contributed by atoms with Crippen molar-refractivity contribution in [3.05, 3.63) is 81.9 Å². The Morgan fingerprint density at radius 3 is 2.51 bits per heavy atom. The van der Waals surface area contributed by atoms with E-state index in [9.17, 15) is 18.8 Å². The molecule has 210 valence electrons. The van der Waals surface area contributed by atoms with E-state index < -0.39 is 11.3 Å². The SMILES string of the molecule is Cc1[nH]c(C2C#CC23C(=O)Nc2ccc(C(=O)NC(C)c4ccc(F)cc4)cc23)c(C)c1NC(=O)CC(C)C1CC1. The summed E-state index contributed by atoms with van der Waals surface area (Å²) in [6.45, 7) is 7.79. The van der Waals surface area contributed by atoms with E-state index in [1.807, 2.05) is 20.8 Å². The van der Waals surface area contributed by atoms with Crippen LogP contribution in [0.4, 0.5) is 15.8 Å². The van der Waals surface area contributed by atoms with Gasteiger partial charge in [-0.25, -0.2) is 4.39 Å². The lowest BCUT2D eigenvalue weighted by atomic mass is 9.64. The number of hydrogen-bond acceptors (Lipinski definition) is 3. The molecule has 1 aromatic heterocycles. The fraction of sp³-hybridized carbons (Fsp3) is 0.364. The maximum absolute atomic E-state index is 13.4. The van der Waals surface area contributed by atoms with Gasteiger partial charge in [-0.2, -0.15) is 0 Å². The zero-order valence-electron chi connectivity index (χ0n) is 23.6. The van der Waals surface area contributed by atoms with Gasteiger partial charge < -0.3 is 20.9 Å². The van der Waals surface area contributed by atoms with Gasteiger partial charge in [0.1, 0.15) is 5.82 Å². The number of anilines is 2. The van der Waals surface area contributed by atoms with Gasteiger partial charge in [-0.3, -0.25) is 14.4 Å². The Morgan fingerprint density at radius 1 is 1.12 bits per heavy atom. The summed E-state index contributed by atoms with van der Waals surface area (Å²) in [6, 6.07) is 10.8. The lowest BCUT2D eigenvalue weighted by Gasteiger charge is -2.34. The fourth-order valence-corrected chi connectivity index (χ4v) is 6.13. The number of rotatable bonds is 8. The number of aromatic nitrogens is 1. The minimum atomic E-state index is -1.14. The highest BCUT2D eigenvalue weighted by atomic mass is 19.1. The van der Waals surface area contributed by atoms with Gasteiger partial charge >= 0.3 is 0 Å². The van der Waals surface area contributed by atoms with Crippen molar-refractivity contribution < 1.29 is 18.8 Å². The molecule has 2 aliphatic carbocycles. The number of fused-ring (bicyclic) bond motifs is 2. The van der Waals surface area contributed by atoms with E-state index in [4.69, 9.17) is 0 Å². The van der Waals surface area contributed by atoms with Crippen molar-refractivity contribution in [1.29, 1.82) is 0 Å². The molecule has 3 aromatic rings. The van der Waals surface area contributed by atoms with E-state index in [0.29, 0.717) is 35.1 Å². The number of carbonyl (C=O) groups excluding carboxylic acids is 3. The summed E-state index contributed by atoms with van der Waals surface area (Å²) < 4.78 is 13.3. The second-order valence-electron chi connectivity index (χ2n) is 11.7. The number of aryl methyl sites for hydroxylation is 1. The maximum Gasteiger partial charge on any atom is 0.251 e. The predicted molar refractivity (Wildman–Crippen MR) is 155 cm³/mol. The zero-order valence-corrected chi connectivity index (χ0v) is 23.6. The summed E-state index contributed by atoms with van der Waals surface area (Å²) in [5, 5.41) is 8.99. The summed E-state index contributed by atoms with van der Waals surface area (Å²) in [4.78, 5) is 42.8. The molecule has 1 fully saturated rings. The Bertz CT molecular complexity index is 1640. The molecule has 2 aromatic carbocycles. The standard InChI is InChI=1S/C33H33FN4O3/c1-17(21-5-6-21)15-28(39)38-29-18(2)30(35-20(29)4)25-13-14-33(25)26-16-23(9-12-27(26)37-32(33)41)31(40)36-19(3)22-7-10-24(34)11-8-22/h7-12,16-17,19,21,25,35H,5-6,15H2,1-4H3,(H,36,40)(H,37,41)(H,38,39). The molecule has 4 unspecified atom stereocenters. The molecule has 8 heteroatoms. The smallest absolute Gasteiger partial charge is 0.251 e. The summed E-state index contributed by atoms with van der Waals surface area (Å²) in [5.74, 6) is 5.95. The number of carbonyl (C=O) groups is 3. The second-order valence-corrected chi connectivity index (χ2v) is 11.7. The van der Waals surface area contributed by atoms with E-state index >= 15 is 0 Å². The van der Waals surface area contributed by atoms with Crippen molar-refractivity contribution in [2.75, 3.05) is 10.6 Å². The van der Waals surface area contributed by atoms with E-state index in [0.717, 1.165) is 28.2 Å². The molecule has 0 bridgehead atoms. The predicted octanol–water partition coefficient (Wildman–Crippen LogP) is 5.63. The van der Waals surface area contributed by atoms with Gasteiger partial charge in [0.15, 0.2) is 5.41 Å². The third-order valence-corrected chi connectivity index (χ3v) is 8.84. The number of H-pyrrole nitrogens is 1. The molecule has 6 rings (SSSR count). The Kier molecular flexibility index (Phi) is 6.49. The van der Waals surface area contributed by atoms with Crippen LogP contribution in [0.15, 0.2) is 42.5 Å². The maximum atomic E-state index is 13.4. The first kappa shape index (κ1) is 26.8. The van der Waals surface area contributed by atoms with E-state index in [1.165, 1.54) is 25.0 Å². The molecule has 0 saturated heterocycles. The van der Waals surface area contributed by atoms with Crippen molar-refractivity contribution in [2.24, 2.45) is 11.8 Å². The molecule has 3 aliphatic rings. The Hall–Kier alpha value is -4.38. The van der Waals surface area contributed by atoms with Crippen LogP contribution < -0.4 is 16.0 Å². The molecule has 1 aliphatic heterocycles. The number of hydrogen-bond donors (Lipinski definition) is 4. The van der Waals surface area contributed by atoms with Crippen LogP contribution in [0.1, 0.15) is 83.5 Å². The number of benzene rings is 2. The Labute approximate surface area is 238 Å². The Morgan fingerprint density at radius 2 is 1.85 bits per heavy atom. The number of amides is 3. The first-order chi connectivity index (χ1) is 19.6. The van der Waals surface area contributed by atoms with Crippen molar-refractivity contribution in [3.8, 4) is 11.8 Å². The van der Waals surface area contributed by atoms with Crippen LogP contribution in [-0.2, 0) is 15.0 Å². The van der Waals surface area contributed by atoms with Crippen LogP contribution in [0.3, 0.4) is 0 Å². The van der Waals surface area contributed by atoms with Crippen molar-refractivity contribution >= 4 is 29.1 Å². The summed E-state index contributed by atoms with van der Waals surface area (Å²) in [7, 11) is 0. The van der Waals surface area contributed by atoms with Crippen LogP contribution in [-0.4, -0.2) is 22.7 Å². The molecule has 7 nitrogen and oxygen atoms in total. The third kappa shape index (κ3) is 4.59. The average molecular weight is 553 g/mol. The number of aromatic amines is 1. The van der Waals surface area contributed by atoms with Crippen molar-refractivity contribution in [3.63, 3.8) is 0 Å². The van der Waals surface area contributed by atoms with E-state index in [1.54, 1.807) is 30.3 Å². The lowest BCUT2D eigenvalue weighted by molar-refractivity contribution is -0.119. The summed E-state index contributed by atoms with van der Waals surface area (Å²) in [5.41, 5.74) is 4.52. The zero-order chi connectivity index (χ0) is 29.1. The molecule has 4 atom stereocenters. The number of nitrogens with one attached hydrogen (secondary N) is 4. The van der Waals surface area contributed by atoms with Gasteiger partial charge in [0, 0.05) is 34.6 Å². The van der Waals surface area contributed by atoms with Gasteiger partial charge in [-0.15, -0.1) is 0 Å². The monoisotopic (exact) mass is 552 g/mol. The fourth-order valence-electron chi connectivity index (χ4n) is 6.13. The molecular weight excluding hydrogens is 519 g/mol. The molecular formula is C33H33FN4O3. The molecule has 4 N–H and O–H groups in total. The first-order valence-corrected chi connectivity index (χ1v) is 14.1. The van der Waals surface area contributed by atoms with E-state index in [2.05, 4.69) is 39.7 Å². The summed E-state index contributed by atoms with van der Waals surface area (Å²) >= 11 is 0. The van der Waals surface area contributed by atoms with Crippen LogP contribution in [0, 0.1) is 43.3 Å². The van der Waals surface area contributed by atoms with Gasteiger partial charge in [0.2, 0.25) is 11.8 Å². The molecule has 41 heavy (non-hydrogen) atoms. The first-order valence-electron chi connectivity index (χ1n) is 14.1.